The predicted octanol–water partition coefficient (Wildman–Crippen LogP) is 5.39. The Morgan fingerprint density at radius 1 is 1.03 bits per heavy atom. The summed E-state index contributed by atoms with van der Waals surface area (Å²) in [4.78, 5) is 13.3. The number of aryl methyl sites for hydroxylation is 1. The molecule has 0 aliphatic heterocycles. The van der Waals surface area contributed by atoms with Crippen LogP contribution in [0.5, 0.6) is 0 Å². The number of nitrogens with one attached hydrogen (secondary N) is 2. The Bertz CT molecular complexity index is 1380. The van der Waals surface area contributed by atoms with Crippen LogP contribution in [0.15, 0.2) is 84.9 Å². The molecule has 6 nitrogen and oxygen atoms in total. The van der Waals surface area contributed by atoms with Gasteiger partial charge in [-0.1, -0.05) is 48.5 Å². The van der Waals surface area contributed by atoms with Crippen LogP contribution in [0.25, 0.3) is 5.69 Å². The van der Waals surface area contributed by atoms with E-state index in [2.05, 4.69) is 52.1 Å². The molecular weight excluding hydrogens is 434 g/mol. The van der Waals surface area contributed by atoms with Gasteiger partial charge in [0, 0.05) is 5.69 Å². The highest BCUT2D eigenvalue weighted by Crippen LogP contribution is 2.31. The number of anilines is 1. The van der Waals surface area contributed by atoms with Crippen LogP contribution in [-0.4, -0.2) is 22.2 Å². The number of hydrogen-bond donors (Lipinski definition) is 2. The predicted molar refractivity (Wildman–Crippen MR) is 136 cm³/mol. The second-order valence-electron chi connectivity index (χ2n) is 9.02. The Morgan fingerprint density at radius 2 is 1.80 bits per heavy atom. The minimum Gasteiger partial charge on any atom is -0.321 e. The monoisotopic (exact) mass is 461 g/mol. The third-order valence-corrected chi connectivity index (χ3v) is 6.20. The maximum atomic E-state index is 13.3. The molecule has 1 fully saturated rings. The fraction of sp³-hybridized carbons (Fsp3) is 0.207. The van der Waals surface area contributed by atoms with E-state index in [9.17, 15) is 10.1 Å². The lowest BCUT2D eigenvalue weighted by atomic mass is 9.98. The number of benzene rings is 3. The van der Waals surface area contributed by atoms with Gasteiger partial charge in [-0.2, -0.15) is 10.4 Å². The zero-order valence-corrected chi connectivity index (χ0v) is 19.6. The molecule has 5 rings (SSSR count). The molecule has 0 spiro atoms. The second-order valence-corrected chi connectivity index (χ2v) is 9.02. The zero-order valence-electron chi connectivity index (χ0n) is 19.6. The molecule has 1 atom stereocenters. The van der Waals surface area contributed by atoms with Gasteiger partial charge in [-0.3, -0.25) is 4.79 Å². The highest BCUT2D eigenvalue weighted by atomic mass is 16.2. The van der Waals surface area contributed by atoms with Gasteiger partial charge in [-0.25, -0.2) is 4.68 Å². The summed E-state index contributed by atoms with van der Waals surface area (Å²) in [6.45, 7) is 2.83. The van der Waals surface area contributed by atoms with Crippen molar-refractivity contribution in [2.75, 3.05) is 11.9 Å². The molecule has 1 heterocycles. The molecule has 3 aromatic carbocycles. The summed E-state index contributed by atoms with van der Waals surface area (Å²) in [5.41, 5.74) is 5.33. The molecule has 1 unspecified atom stereocenters. The third-order valence-electron chi connectivity index (χ3n) is 6.20. The lowest BCUT2D eigenvalue weighted by Gasteiger charge is -2.21. The molecule has 4 aromatic rings. The Hall–Kier alpha value is -4.21. The fourth-order valence-electron chi connectivity index (χ4n) is 4.24. The van der Waals surface area contributed by atoms with Crippen molar-refractivity contribution in [1.29, 1.82) is 5.26 Å². The van der Waals surface area contributed by atoms with Crippen LogP contribution in [-0.2, 0) is 0 Å². The highest BCUT2D eigenvalue weighted by Gasteiger charge is 2.24. The van der Waals surface area contributed by atoms with Crippen molar-refractivity contribution in [2.45, 2.75) is 25.8 Å². The number of nitriles is 1. The molecular formula is C29H27N5O. The van der Waals surface area contributed by atoms with Gasteiger partial charge in [-0.15, -0.1) is 0 Å². The molecule has 0 bridgehead atoms. The second kappa shape index (κ2) is 9.96. The lowest BCUT2D eigenvalue weighted by molar-refractivity contribution is 0.101. The highest BCUT2D eigenvalue weighted by molar-refractivity contribution is 6.03. The average molecular weight is 462 g/mol. The molecule has 174 valence electrons. The van der Waals surface area contributed by atoms with Crippen LogP contribution < -0.4 is 10.6 Å². The van der Waals surface area contributed by atoms with E-state index < -0.39 is 0 Å². The Balaban J connectivity index is 1.40. The van der Waals surface area contributed by atoms with E-state index in [1.807, 2.05) is 37.3 Å². The van der Waals surface area contributed by atoms with E-state index in [1.54, 1.807) is 28.9 Å². The summed E-state index contributed by atoms with van der Waals surface area (Å²) in [6.07, 6.45) is 2.57. The van der Waals surface area contributed by atoms with Gasteiger partial charge in [-0.05, 0) is 79.8 Å². The van der Waals surface area contributed by atoms with Gasteiger partial charge in [0.25, 0.3) is 5.91 Å². The van der Waals surface area contributed by atoms with E-state index in [0.29, 0.717) is 16.9 Å². The van der Waals surface area contributed by atoms with Crippen LogP contribution in [0.1, 0.15) is 51.8 Å². The number of nitrogens with zero attached hydrogens (tertiary/aromatic N) is 3. The number of rotatable bonds is 8. The summed E-state index contributed by atoms with van der Waals surface area (Å²) in [5, 5.41) is 20.5. The molecule has 0 radical (unpaired) electrons. The van der Waals surface area contributed by atoms with Gasteiger partial charge in [0.15, 0.2) is 0 Å². The maximum Gasteiger partial charge on any atom is 0.274 e. The summed E-state index contributed by atoms with van der Waals surface area (Å²) >= 11 is 0. The average Bonchev–Trinajstić information content (AvgIpc) is 3.63. The number of hydrogen-bond acceptors (Lipinski definition) is 4. The van der Waals surface area contributed by atoms with Crippen molar-refractivity contribution in [3.05, 3.63) is 113 Å². The smallest absolute Gasteiger partial charge is 0.274 e. The van der Waals surface area contributed by atoms with Crippen LogP contribution in [0.2, 0.25) is 0 Å². The molecule has 1 amide bonds. The van der Waals surface area contributed by atoms with Crippen molar-refractivity contribution in [2.24, 2.45) is 5.92 Å². The van der Waals surface area contributed by atoms with E-state index in [-0.39, 0.29) is 11.9 Å². The third kappa shape index (κ3) is 5.32. The molecule has 0 saturated heterocycles. The lowest BCUT2D eigenvalue weighted by Crippen LogP contribution is -2.25. The number of carbonyl (C=O) groups is 1. The van der Waals surface area contributed by atoms with Gasteiger partial charge in [0.2, 0.25) is 0 Å². The summed E-state index contributed by atoms with van der Waals surface area (Å²) < 4.78 is 1.58. The zero-order chi connectivity index (χ0) is 24.2. The first kappa shape index (κ1) is 22.6. The molecule has 1 aliphatic carbocycles. The van der Waals surface area contributed by atoms with Crippen molar-refractivity contribution >= 4 is 11.6 Å². The fourth-order valence-corrected chi connectivity index (χ4v) is 4.24. The molecule has 6 heteroatoms. The van der Waals surface area contributed by atoms with Gasteiger partial charge >= 0.3 is 0 Å². The summed E-state index contributed by atoms with van der Waals surface area (Å²) in [5.74, 6) is 0.500. The van der Waals surface area contributed by atoms with E-state index in [1.165, 1.54) is 18.4 Å². The molecule has 1 saturated carbocycles. The molecule has 35 heavy (non-hydrogen) atoms. The van der Waals surface area contributed by atoms with Crippen molar-refractivity contribution in [1.82, 2.24) is 15.1 Å². The summed E-state index contributed by atoms with van der Waals surface area (Å²) in [6, 6.07) is 29.4. The number of carbonyl (C=O) groups excluding carboxylic acids is 1. The summed E-state index contributed by atoms with van der Waals surface area (Å²) in [7, 11) is 0. The van der Waals surface area contributed by atoms with Crippen LogP contribution >= 0.6 is 0 Å². The first-order chi connectivity index (χ1) is 17.1. The first-order valence-corrected chi connectivity index (χ1v) is 11.9. The number of amides is 1. The van der Waals surface area contributed by atoms with Crippen LogP contribution in [0.4, 0.5) is 5.69 Å². The van der Waals surface area contributed by atoms with E-state index >= 15 is 0 Å². The Labute approximate surface area is 205 Å². The van der Waals surface area contributed by atoms with Crippen molar-refractivity contribution < 1.29 is 4.79 Å². The SMILES string of the molecule is Cc1cc(C(=O)Nc2cccc(C(NCC3CC3)c3ccccc3)c2)n(-c2cccc(C#N)c2)n1. The molecule has 1 aliphatic rings. The Kier molecular flexibility index (Phi) is 6.42. The van der Waals surface area contributed by atoms with Gasteiger partial charge in [0.1, 0.15) is 5.69 Å². The molecule has 2 N–H and O–H groups in total. The Morgan fingerprint density at radius 3 is 2.57 bits per heavy atom. The minimum atomic E-state index is -0.257. The minimum absolute atomic E-state index is 0.0511. The van der Waals surface area contributed by atoms with Gasteiger partial charge < -0.3 is 10.6 Å². The topological polar surface area (TPSA) is 82.7 Å². The van der Waals surface area contributed by atoms with E-state index in [4.69, 9.17) is 0 Å². The first-order valence-electron chi connectivity index (χ1n) is 11.9. The normalized spacial score (nSPS) is 13.7. The van der Waals surface area contributed by atoms with Crippen LogP contribution in [0.3, 0.4) is 0 Å². The van der Waals surface area contributed by atoms with Crippen molar-refractivity contribution in [3.8, 4) is 11.8 Å². The van der Waals surface area contributed by atoms with Crippen LogP contribution in [0, 0.1) is 24.2 Å². The number of aromatic nitrogens is 2. The maximum absolute atomic E-state index is 13.3. The van der Waals surface area contributed by atoms with Gasteiger partial charge in [0.05, 0.1) is 29.1 Å². The van der Waals surface area contributed by atoms with Crippen molar-refractivity contribution in [3.63, 3.8) is 0 Å². The quantitative estimate of drug-likeness (QED) is 0.368. The standard InChI is InChI=1S/C29H27N5O/c1-20-15-27(34(33-20)26-12-5-7-22(16-26)18-30)29(35)32-25-11-6-10-24(17-25)28(31-19-21-13-14-21)23-8-3-2-4-9-23/h2-12,15-17,21,28,31H,13-14,19H2,1H3,(H,32,35). The largest absolute Gasteiger partial charge is 0.321 e. The molecule has 1 aromatic heterocycles. The van der Waals surface area contributed by atoms with E-state index in [0.717, 1.165) is 29.4 Å².